The Hall–Kier alpha value is -1.57. The predicted molar refractivity (Wildman–Crippen MR) is 53.9 cm³/mol. The summed E-state index contributed by atoms with van der Waals surface area (Å²) >= 11 is 0. The van der Waals surface area contributed by atoms with E-state index >= 15 is 0 Å². The van der Waals surface area contributed by atoms with E-state index in [0.717, 1.165) is 12.3 Å². The van der Waals surface area contributed by atoms with Crippen molar-refractivity contribution < 1.29 is 8.98 Å². The monoisotopic (exact) mass is 188 g/mol. The molecule has 0 saturated carbocycles. The van der Waals surface area contributed by atoms with Crippen molar-refractivity contribution in [1.82, 2.24) is 0 Å². The lowest BCUT2D eigenvalue weighted by molar-refractivity contribution is -0.690. The van der Waals surface area contributed by atoms with E-state index in [1.54, 1.807) is 6.26 Å². The number of furan rings is 1. The van der Waals surface area contributed by atoms with Gasteiger partial charge in [0.2, 0.25) is 6.54 Å². The average molecular weight is 188 g/mol. The molecule has 72 valence electrons. The molecule has 2 heterocycles. The topological polar surface area (TPSA) is 17.0 Å². The van der Waals surface area contributed by atoms with Crippen molar-refractivity contribution >= 4 is 0 Å². The molecule has 0 radical (unpaired) electrons. The van der Waals surface area contributed by atoms with Crippen molar-refractivity contribution in [1.29, 1.82) is 0 Å². The second-order valence-electron chi connectivity index (χ2n) is 3.57. The van der Waals surface area contributed by atoms with E-state index in [9.17, 15) is 0 Å². The molecule has 2 nitrogen and oxygen atoms in total. The van der Waals surface area contributed by atoms with E-state index in [1.165, 1.54) is 11.1 Å². The van der Waals surface area contributed by atoms with E-state index in [0.29, 0.717) is 0 Å². The third kappa shape index (κ3) is 1.84. The molecule has 0 aromatic carbocycles. The highest BCUT2D eigenvalue weighted by Gasteiger charge is 2.07. The van der Waals surface area contributed by atoms with Gasteiger partial charge >= 0.3 is 0 Å². The van der Waals surface area contributed by atoms with E-state index in [1.807, 2.05) is 6.07 Å². The molecule has 0 fully saturated rings. The molecule has 14 heavy (non-hydrogen) atoms. The highest BCUT2D eigenvalue weighted by molar-refractivity contribution is 5.13. The van der Waals surface area contributed by atoms with Crippen LogP contribution in [-0.2, 0) is 6.54 Å². The molecular weight excluding hydrogens is 174 g/mol. The normalized spacial score (nSPS) is 10.4. The highest BCUT2D eigenvalue weighted by Crippen LogP contribution is 2.07. The largest absolute Gasteiger partial charge is 0.462 e. The first-order chi connectivity index (χ1) is 6.75. The van der Waals surface area contributed by atoms with Crippen LogP contribution in [0.25, 0.3) is 0 Å². The van der Waals surface area contributed by atoms with Crippen LogP contribution in [0.15, 0.2) is 41.3 Å². The Morgan fingerprint density at radius 2 is 1.86 bits per heavy atom. The molecule has 0 bridgehead atoms. The second kappa shape index (κ2) is 3.66. The summed E-state index contributed by atoms with van der Waals surface area (Å²) in [7, 11) is 0. The first-order valence-electron chi connectivity index (χ1n) is 4.74. The van der Waals surface area contributed by atoms with Gasteiger partial charge in [0.25, 0.3) is 0 Å². The molecule has 0 amide bonds. The maximum absolute atomic E-state index is 5.38. The van der Waals surface area contributed by atoms with Crippen LogP contribution in [-0.4, -0.2) is 0 Å². The van der Waals surface area contributed by atoms with Crippen LogP contribution in [0.5, 0.6) is 0 Å². The van der Waals surface area contributed by atoms with Crippen LogP contribution in [0.3, 0.4) is 0 Å². The van der Waals surface area contributed by atoms with Gasteiger partial charge in [0.15, 0.2) is 18.2 Å². The van der Waals surface area contributed by atoms with Crippen molar-refractivity contribution in [2.75, 3.05) is 0 Å². The summed E-state index contributed by atoms with van der Waals surface area (Å²) in [5, 5.41) is 0. The van der Waals surface area contributed by atoms with Gasteiger partial charge in [-0.3, -0.25) is 0 Å². The van der Waals surface area contributed by atoms with Crippen molar-refractivity contribution in [3.63, 3.8) is 0 Å². The Bertz CT molecular complexity index is 414. The summed E-state index contributed by atoms with van der Waals surface area (Å²) in [6.45, 7) is 4.95. The summed E-state index contributed by atoms with van der Waals surface area (Å²) in [5.41, 5.74) is 2.48. The number of nitrogens with zero attached hydrogens (tertiary/aromatic N) is 1. The third-order valence-electron chi connectivity index (χ3n) is 2.35. The Balaban J connectivity index is 2.19. The first kappa shape index (κ1) is 9.00. The standard InChI is InChI=1S/C12H14NO/c1-10-3-6-13(7-4-10)9-12-11(2)5-8-14-12/h3-8H,9H2,1-2H3/q+1. The molecule has 0 saturated heterocycles. The van der Waals surface area contributed by atoms with Gasteiger partial charge in [-0.05, 0) is 31.0 Å². The van der Waals surface area contributed by atoms with Gasteiger partial charge in [-0.15, -0.1) is 0 Å². The Morgan fingerprint density at radius 3 is 2.43 bits per heavy atom. The van der Waals surface area contributed by atoms with E-state index in [4.69, 9.17) is 4.42 Å². The minimum Gasteiger partial charge on any atom is -0.462 e. The Kier molecular flexibility index (Phi) is 2.35. The molecule has 2 rings (SSSR count). The molecule has 0 spiro atoms. The van der Waals surface area contributed by atoms with Crippen LogP contribution in [0.2, 0.25) is 0 Å². The van der Waals surface area contributed by atoms with Gasteiger partial charge in [0, 0.05) is 12.1 Å². The summed E-state index contributed by atoms with van der Waals surface area (Å²) in [6, 6.07) is 6.18. The van der Waals surface area contributed by atoms with Gasteiger partial charge in [0.05, 0.1) is 6.26 Å². The van der Waals surface area contributed by atoms with Crippen LogP contribution in [0.4, 0.5) is 0 Å². The van der Waals surface area contributed by atoms with E-state index in [2.05, 4.69) is 42.9 Å². The fourth-order valence-corrected chi connectivity index (χ4v) is 1.37. The van der Waals surface area contributed by atoms with Gasteiger partial charge in [0.1, 0.15) is 0 Å². The third-order valence-corrected chi connectivity index (χ3v) is 2.35. The molecule has 2 aromatic rings. The average Bonchev–Trinajstić information content (AvgIpc) is 2.56. The zero-order chi connectivity index (χ0) is 9.97. The summed E-state index contributed by atoms with van der Waals surface area (Å²) in [6.07, 6.45) is 5.87. The van der Waals surface area contributed by atoms with Crippen molar-refractivity contribution in [2.24, 2.45) is 0 Å². The number of hydrogen-bond acceptors (Lipinski definition) is 1. The smallest absolute Gasteiger partial charge is 0.206 e. The van der Waals surface area contributed by atoms with Crippen LogP contribution in [0, 0.1) is 13.8 Å². The van der Waals surface area contributed by atoms with Crippen molar-refractivity contribution in [2.45, 2.75) is 20.4 Å². The molecule has 2 aromatic heterocycles. The first-order valence-corrected chi connectivity index (χ1v) is 4.74. The van der Waals surface area contributed by atoms with E-state index < -0.39 is 0 Å². The number of pyridine rings is 1. The quantitative estimate of drug-likeness (QED) is 0.660. The maximum atomic E-state index is 5.38. The van der Waals surface area contributed by atoms with E-state index in [-0.39, 0.29) is 0 Å². The molecule has 0 unspecified atom stereocenters. The molecule has 0 aliphatic rings. The van der Waals surface area contributed by atoms with Crippen molar-refractivity contribution in [3.8, 4) is 0 Å². The van der Waals surface area contributed by atoms with Gasteiger partial charge in [-0.1, -0.05) is 0 Å². The number of aromatic nitrogens is 1. The molecule has 2 heteroatoms. The number of aryl methyl sites for hydroxylation is 2. The van der Waals surface area contributed by atoms with Crippen LogP contribution < -0.4 is 4.57 Å². The fraction of sp³-hybridized carbons (Fsp3) is 0.250. The van der Waals surface area contributed by atoms with Gasteiger partial charge in [-0.25, -0.2) is 0 Å². The van der Waals surface area contributed by atoms with Crippen molar-refractivity contribution in [3.05, 3.63) is 53.7 Å². The predicted octanol–water partition coefficient (Wildman–Crippen LogP) is 2.23. The minimum atomic E-state index is 0.805. The number of rotatable bonds is 2. The molecular formula is C12H14NO+. The lowest BCUT2D eigenvalue weighted by atomic mass is 10.2. The molecule has 0 aliphatic heterocycles. The molecule has 0 N–H and O–H groups in total. The summed E-state index contributed by atoms with van der Waals surface area (Å²) in [5.74, 6) is 1.03. The zero-order valence-electron chi connectivity index (χ0n) is 8.53. The minimum absolute atomic E-state index is 0.805. The Labute approximate surface area is 83.8 Å². The van der Waals surface area contributed by atoms with Gasteiger partial charge < -0.3 is 4.42 Å². The summed E-state index contributed by atoms with van der Waals surface area (Å²) in [4.78, 5) is 0. The molecule has 0 aliphatic carbocycles. The second-order valence-corrected chi connectivity index (χ2v) is 3.57. The maximum Gasteiger partial charge on any atom is 0.206 e. The lowest BCUT2D eigenvalue weighted by Crippen LogP contribution is -2.33. The molecule has 0 atom stereocenters. The Morgan fingerprint density at radius 1 is 1.14 bits per heavy atom. The van der Waals surface area contributed by atoms with Gasteiger partial charge in [-0.2, -0.15) is 4.57 Å². The van der Waals surface area contributed by atoms with Crippen LogP contribution >= 0.6 is 0 Å². The summed E-state index contributed by atoms with van der Waals surface area (Å²) < 4.78 is 7.49. The fourth-order valence-electron chi connectivity index (χ4n) is 1.37. The highest BCUT2D eigenvalue weighted by atomic mass is 16.3. The number of hydrogen-bond donors (Lipinski definition) is 0. The zero-order valence-corrected chi connectivity index (χ0v) is 8.53. The SMILES string of the molecule is Cc1cc[n+](Cc2occc2C)cc1. The van der Waals surface area contributed by atoms with Crippen LogP contribution in [0.1, 0.15) is 16.9 Å². The lowest BCUT2D eigenvalue weighted by Gasteiger charge is -1.95.